The number of anilines is 1. The van der Waals surface area contributed by atoms with Crippen molar-refractivity contribution in [2.24, 2.45) is 0 Å². The molecule has 0 radical (unpaired) electrons. The molecule has 9 nitrogen and oxygen atoms in total. The number of hydrogen-bond acceptors (Lipinski definition) is 6. The number of rotatable bonds is 5. The summed E-state index contributed by atoms with van der Waals surface area (Å²) in [6.07, 6.45) is 4.62. The number of morpholine rings is 1. The number of nitrogens with one attached hydrogen (secondary N) is 1. The normalized spacial score (nSPS) is 19.3. The third-order valence-corrected chi connectivity index (χ3v) is 7.39. The lowest BCUT2D eigenvalue weighted by molar-refractivity contribution is -0.848. The van der Waals surface area contributed by atoms with Crippen LogP contribution in [0.1, 0.15) is 29.6 Å². The molecule has 0 saturated carbocycles. The summed E-state index contributed by atoms with van der Waals surface area (Å²) in [5.41, 5.74) is 0.499. The quantitative estimate of drug-likeness (QED) is 0.425. The topological polar surface area (TPSA) is 79.9 Å². The summed E-state index contributed by atoms with van der Waals surface area (Å²) < 4.78 is 24.1. The predicted octanol–water partition coefficient (Wildman–Crippen LogP) is 1.62. The van der Waals surface area contributed by atoms with Gasteiger partial charge in [-0.25, -0.2) is 4.57 Å². The summed E-state index contributed by atoms with van der Waals surface area (Å²) in [7, 11) is 2.09. The molecule has 10 heteroatoms. The Kier molecular flexibility index (Phi) is 5.85. The van der Waals surface area contributed by atoms with E-state index in [1.54, 1.807) is 16.8 Å². The van der Waals surface area contributed by atoms with Crippen LogP contribution in [0.25, 0.3) is 16.7 Å². The second-order valence-corrected chi connectivity index (χ2v) is 9.57. The minimum absolute atomic E-state index is 0.0240. The molecule has 3 aliphatic rings. The third kappa shape index (κ3) is 3.81. The molecule has 188 valence electrons. The summed E-state index contributed by atoms with van der Waals surface area (Å²) in [6, 6.07) is 8.95. The molecule has 5 heterocycles. The van der Waals surface area contributed by atoms with Gasteiger partial charge in [-0.15, -0.1) is 0 Å². The lowest BCUT2D eigenvalue weighted by Gasteiger charge is -2.28. The lowest BCUT2D eigenvalue weighted by Crippen LogP contribution is -2.53. The Labute approximate surface area is 207 Å². The van der Waals surface area contributed by atoms with Crippen molar-refractivity contribution in [3.8, 4) is 11.4 Å². The SMILES string of the molecule is CN1CCCC1CCNC(=O)c1cn2c3c(cc(F)c(N4CCOCC4)[n+]3Oc3ccccc3-2)c1=O. The first kappa shape index (κ1) is 22.9. The second kappa shape index (κ2) is 9.18. The van der Waals surface area contributed by atoms with Gasteiger partial charge in [0.1, 0.15) is 10.9 Å². The van der Waals surface area contributed by atoms with Gasteiger partial charge in [-0.3, -0.25) is 14.5 Å². The van der Waals surface area contributed by atoms with Gasteiger partial charge in [0.25, 0.3) is 17.4 Å². The smallest absolute Gasteiger partial charge is 0.299 e. The van der Waals surface area contributed by atoms with E-state index < -0.39 is 17.2 Å². The van der Waals surface area contributed by atoms with Gasteiger partial charge in [-0.1, -0.05) is 12.1 Å². The first-order valence-corrected chi connectivity index (χ1v) is 12.5. The molecule has 0 aliphatic carbocycles. The summed E-state index contributed by atoms with van der Waals surface area (Å²) in [5.74, 6) is -0.323. The summed E-state index contributed by atoms with van der Waals surface area (Å²) in [6.45, 7) is 3.46. The number of fused-ring (bicyclic) bond motifs is 2. The monoisotopic (exact) mass is 494 g/mol. The molecule has 0 spiro atoms. The molecule has 3 aromatic rings. The molecule has 1 amide bonds. The van der Waals surface area contributed by atoms with E-state index in [0.717, 1.165) is 25.8 Å². The number of hydrogen-bond donors (Lipinski definition) is 1. The average Bonchev–Trinajstić information content (AvgIpc) is 3.30. The van der Waals surface area contributed by atoms with Crippen molar-refractivity contribution in [1.82, 2.24) is 14.8 Å². The van der Waals surface area contributed by atoms with Crippen LogP contribution < -0.4 is 25.2 Å². The maximum Gasteiger partial charge on any atom is 0.299 e. The Morgan fingerprint density at radius 2 is 2.03 bits per heavy atom. The van der Waals surface area contributed by atoms with Crippen LogP contribution in [0.15, 0.2) is 41.3 Å². The molecule has 1 aromatic carbocycles. The molecular formula is C26H29FN5O4+. The van der Waals surface area contributed by atoms with Gasteiger partial charge in [0.15, 0.2) is 11.5 Å². The van der Waals surface area contributed by atoms with E-state index in [4.69, 9.17) is 9.57 Å². The fourth-order valence-electron chi connectivity index (χ4n) is 5.46. The van der Waals surface area contributed by atoms with Crippen molar-refractivity contribution in [2.75, 3.05) is 51.3 Å². The van der Waals surface area contributed by atoms with Crippen LogP contribution in [0.3, 0.4) is 0 Å². The zero-order chi connectivity index (χ0) is 24.8. The van der Waals surface area contributed by atoms with Gasteiger partial charge < -0.3 is 19.8 Å². The number of aromatic nitrogens is 2. The van der Waals surface area contributed by atoms with Gasteiger partial charge in [0, 0.05) is 12.6 Å². The number of para-hydroxylation sites is 2. The molecule has 2 aromatic heterocycles. The molecule has 3 aliphatic heterocycles. The van der Waals surface area contributed by atoms with Crippen LogP contribution in [-0.2, 0) is 4.74 Å². The molecular weight excluding hydrogens is 465 g/mol. The van der Waals surface area contributed by atoms with Crippen molar-refractivity contribution in [2.45, 2.75) is 25.3 Å². The van der Waals surface area contributed by atoms with Crippen LogP contribution in [0, 0.1) is 5.82 Å². The number of carbonyl (C=O) groups is 1. The average molecular weight is 495 g/mol. The number of carbonyl (C=O) groups excluding carboxylic acids is 1. The number of ether oxygens (including phenoxy) is 1. The van der Waals surface area contributed by atoms with Crippen molar-refractivity contribution in [3.63, 3.8) is 0 Å². The first-order valence-electron chi connectivity index (χ1n) is 12.5. The van der Waals surface area contributed by atoms with E-state index in [0.29, 0.717) is 56.0 Å². The van der Waals surface area contributed by atoms with Crippen LogP contribution in [0.4, 0.5) is 10.2 Å². The molecule has 6 rings (SSSR count). The van der Waals surface area contributed by atoms with Crippen molar-refractivity contribution in [3.05, 3.63) is 58.1 Å². The van der Waals surface area contributed by atoms with Crippen molar-refractivity contribution >= 4 is 22.8 Å². The van der Waals surface area contributed by atoms with Crippen molar-refractivity contribution < 1.29 is 23.5 Å². The number of halogens is 1. The Hall–Kier alpha value is -3.50. The van der Waals surface area contributed by atoms with Gasteiger partial charge >= 0.3 is 0 Å². The highest BCUT2D eigenvalue weighted by Crippen LogP contribution is 2.31. The number of benzene rings is 1. The maximum absolute atomic E-state index is 15.6. The van der Waals surface area contributed by atoms with E-state index in [-0.39, 0.29) is 16.8 Å². The Morgan fingerprint density at radius 1 is 1.22 bits per heavy atom. The molecule has 0 bridgehead atoms. The minimum Gasteiger partial charge on any atom is -0.375 e. The van der Waals surface area contributed by atoms with Gasteiger partial charge in [0.05, 0.1) is 32.5 Å². The number of likely N-dealkylation sites (tertiary alicyclic amines) is 1. The molecule has 1 unspecified atom stereocenters. The summed E-state index contributed by atoms with van der Waals surface area (Å²) in [5, 5.41) is 2.99. The predicted molar refractivity (Wildman–Crippen MR) is 131 cm³/mol. The second-order valence-electron chi connectivity index (χ2n) is 9.57. The standard InChI is InChI=1S/C26H28FN5O4/c1-29-10-4-5-17(29)8-9-28-24(34)19-16-31-21-6-2-3-7-22(21)36-32-25(31)18(23(19)33)15-20(27)26(32)30-11-13-35-14-12-30/h2-3,6-7,15-17H,4-5,8-14H2,1H3/p+1. The fourth-order valence-corrected chi connectivity index (χ4v) is 5.46. The van der Waals surface area contributed by atoms with E-state index in [9.17, 15) is 9.59 Å². The molecule has 36 heavy (non-hydrogen) atoms. The van der Waals surface area contributed by atoms with Gasteiger partial charge in [0.2, 0.25) is 11.2 Å². The van der Waals surface area contributed by atoms with Gasteiger partial charge in [-0.2, -0.15) is 4.39 Å². The molecule has 2 fully saturated rings. The lowest BCUT2D eigenvalue weighted by atomic mass is 10.1. The molecule has 1 N–H and O–H groups in total. The third-order valence-electron chi connectivity index (χ3n) is 7.39. The Balaban J connectivity index is 1.44. The van der Waals surface area contributed by atoms with E-state index in [1.165, 1.54) is 10.8 Å². The molecule has 2 saturated heterocycles. The number of nitrogens with zero attached hydrogens (tertiary/aromatic N) is 4. The highest BCUT2D eigenvalue weighted by atomic mass is 19.1. The number of pyridine rings is 2. The van der Waals surface area contributed by atoms with Crippen LogP contribution in [0.2, 0.25) is 0 Å². The summed E-state index contributed by atoms with van der Waals surface area (Å²) in [4.78, 5) is 36.9. The number of amides is 1. The molecule has 1 atom stereocenters. The Bertz CT molecular complexity index is 1400. The minimum atomic E-state index is -0.589. The van der Waals surface area contributed by atoms with Crippen LogP contribution >= 0.6 is 0 Å². The fraction of sp³-hybridized carbons (Fsp3) is 0.423. The zero-order valence-corrected chi connectivity index (χ0v) is 20.2. The van der Waals surface area contributed by atoms with Crippen LogP contribution in [-0.4, -0.2) is 67.9 Å². The maximum atomic E-state index is 15.6. The van der Waals surface area contributed by atoms with Crippen molar-refractivity contribution in [1.29, 1.82) is 0 Å². The highest BCUT2D eigenvalue weighted by Gasteiger charge is 2.36. The Morgan fingerprint density at radius 3 is 2.81 bits per heavy atom. The van der Waals surface area contributed by atoms with E-state index in [1.807, 2.05) is 23.1 Å². The van der Waals surface area contributed by atoms with E-state index in [2.05, 4.69) is 17.3 Å². The highest BCUT2D eigenvalue weighted by molar-refractivity contribution is 5.97. The first-order chi connectivity index (χ1) is 17.5. The zero-order valence-electron chi connectivity index (χ0n) is 20.2. The van der Waals surface area contributed by atoms with E-state index >= 15 is 4.39 Å². The van der Waals surface area contributed by atoms with Crippen LogP contribution in [0.5, 0.6) is 5.75 Å². The summed E-state index contributed by atoms with van der Waals surface area (Å²) >= 11 is 0. The largest absolute Gasteiger partial charge is 0.375 e. The van der Waals surface area contributed by atoms with Gasteiger partial charge in [-0.05, 0) is 55.8 Å².